The topological polar surface area (TPSA) is 75.0 Å². The fraction of sp³-hybridized carbons (Fsp3) is 0.385. The van der Waals surface area contributed by atoms with E-state index in [9.17, 15) is 4.79 Å². The molecule has 0 aliphatic carbocycles. The zero-order valence-corrected chi connectivity index (χ0v) is 10.1. The summed E-state index contributed by atoms with van der Waals surface area (Å²) in [6, 6.07) is 7.54. The number of rotatable bonds is 1. The maximum atomic E-state index is 12.0. The summed E-state index contributed by atoms with van der Waals surface area (Å²) in [5.74, 6) is 0.633. The second-order valence-electron chi connectivity index (χ2n) is 4.76. The van der Waals surface area contributed by atoms with E-state index in [4.69, 9.17) is 5.73 Å². The maximum Gasteiger partial charge on any atom is 0.260 e. The second-order valence-corrected chi connectivity index (χ2v) is 4.76. The van der Waals surface area contributed by atoms with Crippen molar-refractivity contribution in [2.75, 3.05) is 18.0 Å². The molecule has 0 saturated carbocycles. The summed E-state index contributed by atoms with van der Waals surface area (Å²) >= 11 is 0. The Labute approximate surface area is 105 Å². The number of benzene rings is 1. The van der Waals surface area contributed by atoms with Gasteiger partial charge in [-0.2, -0.15) is 0 Å². The van der Waals surface area contributed by atoms with Crippen LogP contribution in [0.4, 0.5) is 5.95 Å². The van der Waals surface area contributed by atoms with Crippen LogP contribution in [0.2, 0.25) is 0 Å². The second kappa shape index (κ2) is 4.42. The lowest BCUT2D eigenvalue weighted by Crippen LogP contribution is -2.44. The van der Waals surface area contributed by atoms with Crippen molar-refractivity contribution in [3.63, 3.8) is 0 Å². The molecule has 5 nitrogen and oxygen atoms in total. The molecular weight excluding hydrogens is 228 g/mol. The molecule has 1 fully saturated rings. The molecule has 94 valence electrons. The molecule has 0 bridgehead atoms. The quantitative estimate of drug-likeness (QED) is 0.780. The van der Waals surface area contributed by atoms with Crippen molar-refractivity contribution in [2.24, 2.45) is 5.73 Å². The van der Waals surface area contributed by atoms with Gasteiger partial charge >= 0.3 is 0 Å². The SMILES string of the molecule is NC1CCCN(c2nc3ccccc3c(=O)[nH]2)C1. The van der Waals surface area contributed by atoms with Crippen molar-refractivity contribution < 1.29 is 0 Å². The van der Waals surface area contributed by atoms with Gasteiger partial charge in [-0.3, -0.25) is 9.78 Å². The van der Waals surface area contributed by atoms with Crippen LogP contribution < -0.4 is 16.2 Å². The Balaban J connectivity index is 2.04. The minimum absolute atomic E-state index is 0.0882. The molecule has 2 heterocycles. The summed E-state index contributed by atoms with van der Waals surface area (Å²) in [6.07, 6.45) is 2.08. The number of fused-ring (bicyclic) bond motifs is 1. The van der Waals surface area contributed by atoms with Gasteiger partial charge in [-0.15, -0.1) is 0 Å². The molecule has 2 aromatic rings. The molecule has 18 heavy (non-hydrogen) atoms. The Morgan fingerprint density at radius 2 is 2.22 bits per heavy atom. The van der Waals surface area contributed by atoms with Gasteiger partial charge in [-0.1, -0.05) is 12.1 Å². The first kappa shape index (κ1) is 11.2. The van der Waals surface area contributed by atoms with E-state index in [1.54, 1.807) is 6.07 Å². The molecular formula is C13H16N4O. The average Bonchev–Trinajstić information content (AvgIpc) is 2.39. The summed E-state index contributed by atoms with van der Waals surface area (Å²) in [4.78, 5) is 21.4. The van der Waals surface area contributed by atoms with Crippen molar-refractivity contribution in [1.29, 1.82) is 0 Å². The molecule has 1 atom stereocenters. The lowest BCUT2D eigenvalue weighted by molar-refractivity contribution is 0.500. The number of hydrogen-bond acceptors (Lipinski definition) is 4. The van der Waals surface area contributed by atoms with E-state index in [1.165, 1.54) is 0 Å². The summed E-state index contributed by atoms with van der Waals surface area (Å²) in [5, 5.41) is 0.627. The zero-order valence-electron chi connectivity index (χ0n) is 10.1. The van der Waals surface area contributed by atoms with Gasteiger partial charge in [0.25, 0.3) is 5.56 Å². The first-order chi connectivity index (χ1) is 8.74. The predicted molar refractivity (Wildman–Crippen MR) is 71.8 cm³/mol. The van der Waals surface area contributed by atoms with Gasteiger partial charge in [-0.25, -0.2) is 4.98 Å². The van der Waals surface area contributed by atoms with Crippen LogP contribution >= 0.6 is 0 Å². The fourth-order valence-corrected chi connectivity index (χ4v) is 2.43. The minimum Gasteiger partial charge on any atom is -0.341 e. The summed E-state index contributed by atoms with van der Waals surface area (Å²) in [6.45, 7) is 1.65. The first-order valence-corrected chi connectivity index (χ1v) is 6.23. The largest absolute Gasteiger partial charge is 0.341 e. The van der Waals surface area contributed by atoms with Crippen molar-refractivity contribution in [3.05, 3.63) is 34.6 Å². The highest BCUT2D eigenvalue weighted by atomic mass is 16.1. The molecule has 1 unspecified atom stereocenters. The monoisotopic (exact) mass is 244 g/mol. The standard InChI is InChI=1S/C13H16N4O/c14-9-4-3-7-17(8-9)13-15-11-6-2-1-5-10(11)12(18)16-13/h1-2,5-6,9H,3-4,7-8,14H2,(H,15,16,18). The van der Waals surface area contributed by atoms with Crippen LogP contribution in [0, 0.1) is 0 Å². The number of H-pyrrole nitrogens is 1. The third kappa shape index (κ3) is 1.97. The lowest BCUT2D eigenvalue weighted by Gasteiger charge is -2.31. The van der Waals surface area contributed by atoms with Crippen LogP contribution in [0.25, 0.3) is 10.9 Å². The highest BCUT2D eigenvalue weighted by Crippen LogP contribution is 2.16. The van der Waals surface area contributed by atoms with Crippen molar-refractivity contribution in [2.45, 2.75) is 18.9 Å². The Morgan fingerprint density at radius 1 is 1.39 bits per heavy atom. The molecule has 3 rings (SSSR count). The van der Waals surface area contributed by atoms with E-state index in [0.717, 1.165) is 31.4 Å². The molecule has 1 aliphatic heterocycles. The number of nitrogens with one attached hydrogen (secondary N) is 1. The van der Waals surface area contributed by atoms with Crippen molar-refractivity contribution in [1.82, 2.24) is 9.97 Å². The van der Waals surface area contributed by atoms with Gasteiger partial charge in [0.1, 0.15) is 0 Å². The molecule has 1 aromatic heterocycles. The zero-order chi connectivity index (χ0) is 12.5. The van der Waals surface area contributed by atoms with E-state index in [1.807, 2.05) is 18.2 Å². The van der Waals surface area contributed by atoms with E-state index in [2.05, 4.69) is 14.9 Å². The number of piperidine rings is 1. The number of anilines is 1. The van der Waals surface area contributed by atoms with Gasteiger partial charge in [0.05, 0.1) is 10.9 Å². The Bertz CT molecular complexity index is 622. The van der Waals surface area contributed by atoms with Crippen LogP contribution in [0.15, 0.2) is 29.1 Å². The number of nitrogens with zero attached hydrogens (tertiary/aromatic N) is 2. The highest BCUT2D eigenvalue weighted by Gasteiger charge is 2.19. The molecule has 0 amide bonds. The van der Waals surface area contributed by atoms with Crippen LogP contribution in [0.3, 0.4) is 0 Å². The van der Waals surface area contributed by atoms with Crippen LogP contribution in [0.1, 0.15) is 12.8 Å². The van der Waals surface area contributed by atoms with Crippen LogP contribution in [-0.2, 0) is 0 Å². The Morgan fingerprint density at radius 3 is 3.06 bits per heavy atom. The van der Waals surface area contributed by atoms with Gasteiger partial charge < -0.3 is 10.6 Å². The molecule has 1 saturated heterocycles. The molecule has 1 aromatic carbocycles. The minimum atomic E-state index is -0.0882. The number of nitrogens with two attached hydrogens (primary N) is 1. The summed E-state index contributed by atoms with van der Waals surface area (Å²) < 4.78 is 0. The Kier molecular flexibility index (Phi) is 2.76. The number of hydrogen-bond donors (Lipinski definition) is 2. The molecule has 1 aliphatic rings. The number of aromatic amines is 1. The summed E-state index contributed by atoms with van der Waals surface area (Å²) in [5.41, 5.74) is 6.60. The number of aromatic nitrogens is 2. The van der Waals surface area contributed by atoms with Gasteiger partial charge in [0.2, 0.25) is 5.95 Å². The van der Waals surface area contributed by atoms with E-state index < -0.39 is 0 Å². The smallest absolute Gasteiger partial charge is 0.260 e. The van der Waals surface area contributed by atoms with E-state index in [-0.39, 0.29) is 11.6 Å². The molecule has 3 N–H and O–H groups in total. The lowest BCUT2D eigenvalue weighted by atomic mass is 10.1. The van der Waals surface area contributed by atoms with Crippen LogP contribution in [-0.4, -0.2) is 29.1 Å². The number of para-hydroxylation sites is 1. The van der Waals surface area contributed by atoms with Crippen molar-refractivity contribution in [3.8, 4) is 0 Å². The fourth-order valence-electron chi connectivity index (χ4n) is 2.43. The third-order valence-electron chi connectivity index (χ3n) is 3.36. The van der Waals surface area contributed by atoms with Crippen LogP contribution in [0.5, 0.6) is 0 Å². The summed E-state index contributed by atoms with van der Waals surface area (Å²) in [7, 11) is 0. The highest BCUT2D eigenvalue weighted by molar-refractivity contribution is 5.78. The normalized spacial score (nSPS) is 20.3. The van der Waals surface area contributed by atoms with Gasteiger partial charge in [0, 0.05) is 19.1 Å². The van der Waals surface area contributed by atoms with Gasteiger partial charge in [-0.05, 0) is 25.0 Å². The third-order valence-corrected chi connectivity index (χ3v) is 3.36. The van der Waals surface area contributed by atoms with Crippen molar-refractivity contribution >= 4 is 16.9 Å². The average molecular weight is 244 g/mol. The molecule has 5 heteroatoms. The predicted octanol–water partition coefficient (Wildman–Crippen LogP) is 0.851. The maximum absolute atomic E-state index is 12.0. The Hall–Kier alpha value is -1.88. The van der Waals surface area contributed by atoms with Gasteiger partial charge in [0.15, 0.2) is 0 Å². The van der Waals surface area contributed by atoms with E-state index in [0.29, 0.717) is 11.3 Å². The first-order valence-electron chi connectivity index (χ1n) is 6.23. The molecule has 0 spiro atoms. The van der Waals surface area contributed by atoms with E-state index >= 15 is 0 Å². The molecule has 0 radical (unpaired) electrons.